The van der Waals surface area contributed by atoms with Gasteiger partial charge in [-0.3, -0.25) is 9.89 Å². The highest BCUT2D eigenvalue weighted by Gasteiger charge is 2.39. The van der Waals surface area contributed by atoms with Crippen LogP contribution in [0.4, 0.5) is 0 Å². The van der Waals surface area contributed by atoms with E-state index in [0.717, 1.165) is 60.4 Å². The van der Waals surface area contributed by atoms with Crippen LogP contribution < -0.4 is 4.74 Å². The number of carbonyl (C=O) groups is 1. The molecule has 2 aromatic carbocycles. The van der Waals surface area contributed by atoms with Crippen LogP contribution in [0, 0.1) is 5.92 Å². The van der Waals surface area contributed by atoms with Crippen molar-refractivity contribution in [2.45, 2.75) is 58.1 Å². The van der Waals surface area contributed by atoms with Gasteiger partial charge in [-0.05, 0) is 86.9 Å². The maximum atomic E-state index is 13.4. The summed E-state index contributed by atoms with van der Waals surface area (Å²) in [6.07, 6.45) is 6.44. The number of fused-ring (bicyclic) bond motifs is 1. The molecule has 1 aliphatic heterocycles. The van der Waals surface area contributed by atoms with E-state index in [1.165, 1.54) is 5.56 Å². The zero-order valence-electron chi connectivity index (χ0n) is 19.5. The number of rotatable bonds is 6. The molecule has 1 aliphatic carbocycles. The summed E-state index contributed by atoms with van der Waals surface area (Å²) in [4.78, 5) is 15.4. The number of hydrogen-bond acceptors (Lipinski definition) is 3. The van der Waals surface area contributed by atoms with Crippen LogP contribution in [0.2, 0.25) is 10.0 Å². The molecule has 1 amide bonds. The Morgan fingerprint density at radius 3 is 2.56 bits per heavy atom. The first-order chi connectivity index (χ1) is 16.4. The monoisotopic (exact) mass is 497 g/mol. The number of carbonyl (C=O) groups excluding carboxylic acids is 1. The molecule has 1 saturated heterocycles. The van der Waals surface area contributed by atoms with Crippen molar-refractivity contribution < 1.29 is 9.53 Å². The van der Waals surface area contributed by atoms with Gasteiger partial charge in [-0.1, -0.05) is 35.3 Å². The Morgan fingerprint density at radius 2 is 1.85 bits per heavy atom. The number of hydrogen-bond donors (Lipinski definition) is 1. The molecule has 7 heteroatoms. The molecule has 3 aromatic rings. The molecule has 178 valence electrons. The summed E-state index contributed by atoms with van der Waals surface area (Å²) in [5.74, 6) is 0.916. The van der Waals surface area contributed by atoms with Gasteiger partial charge in [0.05, 0.1) is 18.3 Å². The van der Waals surface area contributed by atoms with Gasteiger partial charge in [0.15, 0.2) is 0 Å². The summed E-state index contributed by atoms with van der Waals surface area (Å²) in [6.45, 7) is 4.77. The van der Waals surface area contributed by atoms with Gasteiger partial charge in [0.25, 0.3) is 0 Å². The highest BCUT2D eigenvalue weighted by atomic mass is 35.5. The Labute approximate surface area is 210 Å². The molecule has 0 spiro atoms. The number of H-pyrrole nitrogens is 1. The van der Waals surface area contributed by atoms with Crippen LogP contribution >= 0.6 is 23.2 Å². The van der Waals surface area contributed by atoms with Crippen molar-refractivity contribution in [2.24, 2.45) is 5.92 Å². The van der Waals surface area contributed by atoms with E-state index >= 15 is 0 Å². The highest BCUT2D eigenvalue weighted by molar-refractivity contribution is 6.36. The van der Waals surface area contributed by atoms with Crippen molar-refractivity contribution in [1.82, 2.24) is 15.1 Å². The fourth-order valence-corrected chi connectivity index (χ4v) is 5.87. The summed E-state index contributed by atoms with van der Waals surface area (Å²) in [5.41, 5.74) is 5.15. The molecule has 1 aromatic heterocycles. The molecule has 2 heterocycles. The minimum Gasteiger partial charge on any atom is -0.491 e. The SMILES string of the molecule is CC(C)Oc1ccc(-c2cc(Cl)c(C[C@@H]3CCN([C@H]4CCCc5[nH]ncc54)C3=O)c(Cl)c2)cc1. The lowest BCUT2D eigenvalue weighted by Gasteiger charge is -2.31. The minimum absolute atomic E-state index is 0.106. The number of likely N-dealkylation sites (tertiary alicyclic amines) is 1. The molecule has 0 bridgehead atoms. The van der Waals surface area contributed by atoms with Crippen LogP contribution in [0.15, 0.2) is 42.6 Å². The Bertz CT molecular complexity index is 1170. The zero-order chi connectivity index (χ0) is 23.8. The van der Waals surface area contributed by atoms with Crippen molar-refractivity contribution in [3.05, 3.63) is 69.5 Å². The molecule has 0 radical (unpaired) electrons. The van der Waals surface area contributed by atoms with Gasteiger partial charge < -0.3 is 9.64 Å². The Morgan fingerprint density at radius 1 is 1.12 bits per heavy atom. The van der Waals surface area contributed by atoms with Gasteiger partial charge in [0.1, 0.15) is 5.75 Å². The van der Waals surface area contributed by atoms with Crippen molar-refractivity contribution in [3.63, 3.8) is 0 Å². The van der Waals surface area contributed by atoms with Gasteiger partial charge in [0, 0.05) is 33.8 Å². The number of aryl methyl sites for hydroxylation is 1. The first kappa shape index (κ1) is 23.3. The van der Waals surface area contributed by atoms with Gasteiger partial charge in [-0.2, -0.15) is 5.10 Å². The lowest BCUT2D eigenvalue weighted by Crippen LogP contribution is -2.34. The maximum absolute atomic E-state index is 13.4. The number of halogens is 2. The molecule has 1 fully saturated rings. The highest BCUT2D eigenvalue weighted by Crippen LogP contribution is 2.40. The molecule has 0 unspecified atom stereocenters. The smallest absolute Gasteiger partial charge is 0.226 e. The number of ether oxygens (including phenoxy) is 1. The Hall–Kier alpha value is -2.50. The van der Waals surface area contributed by atoms with E-state index in [1.54, 1.807) is 0 Å². The lowest BCUT2D eigenvalue weighted by molar-refractivity contribution is -0.133. The Balaban J connectivity index is 1.31. The third-order valence-corrected chi connectivity index (χ3v) is 7.57. The summed E-state index contributed by atoms with van der Waals surface area (Å²) < 4.78 is 5.73. The molecule has 2 aliphatic rings. The standard InChI is InChI=1S/C27H29Cl2N3O2/c1-16(2)34-20-8-6-17(7-9-20)19-13-23(28)21(24(29)14-19)12-18-10-11-32(27(18)33)26-5-3-4-25-22(26)15-30-31-25/h6-9,13-16,18,26H,3-5,10-12H2,1-2H3,(H,30,31)/t18-,26-/m0/s1. The quantitative estimate of drug-likeness (QED) is 0.415. The number of aromatic nitrogens is 2. The van der Waals surface area contributed by atoms with E-state index in [4.69, 9.17) is 27.9 Å². The number of aromatic amines is 1. The van der Waals surface area contributed by atoms with Gasteiger partial charge in [0.2, 0.25) is 5.91 Å². The summed E-state index contributed by atoms with van der Waals surface area (Å²) >= 11 is 13.4. The van der Waals surface area contributed by atoms with Gasteiger partial charge in [-0.15, -0.1) is 0 Å². The summed E-state index contributed by atoms with van der Waals surface area (Å²) in [7, 11) is 0. The number of nitrogens with zero attached hydrogens (tertiary/aromatic N) is 2. The normalized spacial score (nSPS) is 20.1. The maximum Gasteiger partial charge on any atom is 0.226 e. The summed E-state index contributed by atoms with van der Waals surface area (Å²) in [5, 5.41) is 8.50. The van der Waals surface area contributed by atoms with Crippen molar-refractivity contribution >= 4 is 29.1 Å². The average Bonchev–Trinajstić information content (AvgIpc) is 3.43. The van der Waals surface area contributed by atoms with Gasteiger partial charge >= 0.3 is 0 Å². The second-order valence-corrected chi connectivity index (χ2v) is 10.4. The summed E-state index contributed by atoms with van der Waals surface area (Å²) in [6, 6.07) is 11.9. The van der Waals surface area contributed by atoms with E-state index in [-0.39, 0.29) is 24.0 Å². The largest absolute Gasteiger partial charge is 0.491 e. The van der Waals surface area contributed by atoms with Crippen molar-refractivity contribution in [3.8, 4) is 16.9 Å². The van der Waals surface area contributed by atoms with Crippen LogP contribution in [0.1, 0.15) is 56.0 Å². The van der Waals surface area contributed by atoms with Crippen LogP contribution in [0.5, 0.6) is 5.75 Å². The van der Waals surface area contributed by atoms with Crippen LogP contribution in [-0.4, -0.2) is 33.7 Å². The molecule has 0 saturated carbocycles. The van der Waals surface area contributed by atoms with E-state index in [0.29, 0.717) is 16.5 Å². The van der Waals surface area contributed by atoms with Crippen LogP contribution in [0.3, 0.4) is 0 Å². The van der Waals surface area contributed by atoms with E-state index in [9.17, 15) is 4.79 Å². The topological polar surface area (TPSA) is 58.2 Å². The fraction of sp³-hybridized carbons (Fsp3) is 0.407. The number of nitrogens with one attached hydrogen (secondary N) is 1. The second-order valence-electron chi connectivity index (χ2n) is 9.54. The second kappa shape index (κ2) is 9.63. The number of amides is 1. The van der Waals surface area contributed by atoms with E-state index in [2.05, 4.69) is 10.2 Å². The third kappa shape index (κ3) is 4.56. The fourth-order valence-electron chi connectivity index (χ4n) is 5.23. The van der Waals surface area contributed by atoms with Crippen molar-refractivity contribution in [2.75, 3.05) is 6.54 Å². The third-order valence-electron chi connectivity index (χ3n) is 6.89. The molecular formula is C27H29Cl2N3O2. The molecule has 34 heavy (non-hydrogen) atoms. The molecular weight excluding hydrogens is 469 g/mol. The van der Waals surface area contributed by atoms with Crippen LogP contribution in [0.25, 0.3) is 11.1 Å². The molecule has 5 rings (SSSR count). The molecule has 1 N–H and O–H groups in total. The molecule has 2 atom stereocenters. The Kier molecular flexibility index (Phi) is 6.59. The first-order valence-electron chi connectivity index (χ1n) is 12.0. The minimum atomic E-state index is -0.106. The number of benzene rings is 2. The molecule has 5 nitrogen and oxygen atoms in total. The van der Waals surface area contributed by atoms with Crippen LogP contribution in [-0.2, 0) is 17.6 Å². The van der Waals surface area contributed by atoms with E-state index < -0.39 is 0 Å². The van der Waals surface area contributed by atoms with Crippen molar-refractivity contribution in [1.29, 1.82) is 0 Å². The zero-order valence-corrected chi connectivity index (χ0v) is 21.0. The van der Waals surface area contributed by atoms with E-state index in [1.807, 2.05) is 61.3 Å². The predicted molar refractivity (Wildman–Crippen MR) is 135 cm³/mol. The van der Waals surface area contributed by atoms with Gasteiger partial charge in [-0.25, -0.2) is 0 Å². The first-order valence-corrected chi connectivity index (χ1v) is 12.7. The average molecular weight is 498 g/mol. The predicted octanol–water partition coefficient (Wildman–Crippen LogP) is 6.64. The lowest BCUT2D eigenvalue weighted by atomic mass is 9.91.